The number of thioether (sulfide) groups is 1. The molecule has 0 amide bonds. The van der Waals surface area contributed by atoms with Crippen molar-refractivity contribution in [3.63, 3.8) is 0 Å². The number of rotatable bonds is 7. The van der Waals surface area contributed by atoms with Crippen molar-refractivity contribution in [1.29, 1.82) is 0 Å². The SMILES string of the molecule is CSc1ccc(OCCN2CCOC[C@@H]2[C@@H](O)CO)cc1. The van der Waals surface area contributed by atoms with Gasteiger partial charge in [-0.1, -0.05) is 0 Å². The van der Waals surface area contributed by atoms with Crippen LogP contribution in [0.5, 0.6) is 5.75 Å². The minimum atomic E-state index is -0.772. The van der Waals surface area contributed by atoms with Crippen molar-refractivity contribution in [3.05, 3.63) is 24.3 Å². The molecule has 2 rings (SSSR count). The second-order valence-corrected chi connectivity index (χ2v) is 5.83. The second-order valence-electron chi connectivity index (χ2n) is 4.95. The van der Waals surface area contributed by atoms with Gasteiger partial charge in [0.05, 0.1) is 32.0 Å². The highest BCUT2D eigenvalue weighted by Crippen LogP contribution is 2.19. The molecule has 2 atom stereocenters. The van der Waals surface area contributed by atoms with Crippen LogP contribution in [0.1, 0.15) is 0 Å². The van der Waals surface area contributed by atoms with E-state index in [1.807, 2.05) is 30.5 Å². The molecular formula is C15H23NO4S. The molecule has 1 aliphatic heterocycles. The van der Waals surface area contributed by atoms with Crippen LogP contribution in [0.15, 0.2) is 29.2 Å². The Hall–Kier alpha value is -0.790. The van der Waals surface area contributed by atoms with Gasteiger partial charge in [0, 0.05) is 18.0 Å². The van der Waals surface area contributed by atoms with E-state index in [2.05, 4.69) is 4.90 Å². The quantitative estimate of drug-likeness (QED) is 0.728. The van der Waals surface area contributed by atoms with E-state index in [0.717, 1.165) is 12.3 Å². The Labute approximate surface area is 129 Å². The van der Waals surface area contributed by atoms with E-state index in [-0.39, 0.29) is 12.6 Å². The van der Waals surface area contributed by atoms with Gasteiger partial charge in [0.2, 0.25) is 0 Å². The number of benzene rings is 1. The third-order valence-electron chi connectivity index (χ3n) is 3.62. The number of ether oxygens (including phenoxy) is 2. The van der Waals surface area contributed by atoms with Gasteiger partial charge in [-0.25, -0.2) is 0 Å². The summed E-state index contributed by atoms with van der Waals surface area (Å²) in [6.45, 7) is 2.85. The Bertz CT molecular complexity index is 415. The Morgan fingerprint density at radius 3 is 2.86 bits per heavy atom. The van der Waals surface area contributed by atoms with E-state index in [9.17, 15) is 5.11 Å². The van der Waals surface area contributed by atoms with Gasteiger partial charge in [-0.15, -0.1) is 11.8 Å². The first-order valence-corrected chi connectivity index (χ1v) is 8.34. The summed E-state index contributed by atoms with van der Waals surface area (Å²) in [5.74, 6) is 0.848. The van der Waals surface area contributed by atoms with Crippen molar-refractivity contribution in [2.45, 2.75) is 17.0 Å². The maximum atomic E-state index is 9.81. The molecule has 0 spiro atoms. The van der Waals surface area contributed by atoms with Crippen molar-refractivity contribution in [1.82, 2.24) is 4.90 Å². The van der Waals surface area contributed by atoms with Crippen molar-refractivity contribution in [3.8, 4) is 5.75 Å². The average Bonchev–Trinajstić information content (AvgIpc) is 2.55. The number of aliphatic hydroxyl groups is 2. The maximum Gasteiger partial charge on any atom is 0.119 e. The highest BCUT2D eigenvalue weighted by molar-refractivity contribution is 7.98. The summed E-state index contributed by atoms with van der Waals surface area (Å²) >= 11 is 1.70. The molecule has 0 unspecified atom stereocenters. The average molecular weight is 313 g/mol. The number of morpholine rings is 1. The number of nitrogens with zero attached hydrogens (tertiary/aromatic N) is 1. The molecule has 0 bridgehead atoms. The molecule has 0 aromatic heterocycles. The summed E-state index contributed by atoms with van der Waals surface area (Å²) in [6.07, 6.45) is 1.27. The zero-order chi connectivity index (χ0) is 15.1. The van der Waals surface area contributed by atoms with Crippen molar-refractivity contribution in [2.24, 2.45) is 0 Å². The molecule has 1 aromatic rings. The number of hydrogen-bond donors (Lipinski definition) is 2. The van der Waals surface area contributed by atoms with Gasteiger partial charge >= 0.3 is 0 Å². The van der Waals surface area contributed by atoms with Gasteiger partial charge in [-0.3, -0.25) is 4.90 Å². The van der Waals surface area contributed by atoms with E-state index in [1.165, 1.54) is 4.90 Å². The molecule has 1 fully saturated rings. The van der Waals surface area contributed by atoms with Crippen LogP contribution in [-0.4, -0.2) is 73.0 Å². The van der Waals surface area contributed by atoms with Gasteiger partial charge in [0.1, 0.15) is 12.4 Å². The lowest BCUT2D eigenvalue weighted by atomic mass is 10.1. The molecule has 21 heavy (non-hydrogen) atoms. The van der Waals surface area contributed by atoms with Gasteiger partial charge in [0.25, 0.3) is 0 Å². The molecule has 6 heteroatoms. The Kier molecular flexibility index (Phi) is 6.79. The normalized spacial score (nSPS) is 21.2. The lowest BCUT2D eigenvalue weighted by Crippen LogP contribution is -2.53. The summed E-state index contributed by atoms with van der Waals surface area (Å²) in [5, 5.41) is 18.9. The van der Waals surface area contributed by atoms with Crippen LogP contribution in [0.25, 0.3) is 0 Å². The second kappa shape index (κ2) is 8.60. The molecule has 0 saturated carbocycles. The summed E-state index contributed by atoms with van der Waals surface area (Å²) in [7, 11) is 0. The molecular weight excluding hydrogens is 290 g/mol. The molecule has 1 heterocycles. The predicted molar refractivity (Wildman–Crippen MR) is 83.0 cm³/mol. The topological polar surface area (TPSA) is 62.2 Å². The molecule has 1 aliphatic rings. The highest BCUT2D eigenvalue weighted by Gasteiger charge is 2.28. The van der Waals surface area contributed by atoms with Crippen LogP contribution in [0, 0.1) is 0 Å². The van der Waals surface area contributed by atoms with Crippen molar-refractivity contribution >= 4 is 11.8 Å². The van der Waals surface area contributed by atoms with Crippen LogP contribution in [0.2, 0.25) is 0 Å². The zero-order valence-corrected chi connectivity index (χ0v) is 13.1. The van der Waals surface area contributed by atoms with Gasteiger partial charge in [0.15, 0.2) is 0 Å². The lowest BCUT2D eigenvalue weighted by Gasteiger charge is -2.37. The van der Waals surface area contributed by atoms with Crippen LogP contribution in [0.4, 0.5) is 0 Å². The molecule has 1 aromatic carbocycles. The highest BCUT2D eigenvalue weighted by atomic mass is 32.2. The third-order valence-corrected chi connectivity index (χ3v) is 4.36. The largest absolute Gasteiger partial charge is 0.492 e. The van der Waals surface area contributed by atoms with E-state index >= 15 is 0 Å². The summed E-state index contributed by atoms with van der Waals surface area (Å²) < 4.78 is 11.1. The minimum Gasteiger partial charge on any atom is -0.492 e. The van der Waals surface area contributed by atoms with E-state index in [4.69, 9.17) is 14.6 Å². The van der Waals surface area contributed by atoms with Crippen molar-refractivity contribution in [2.75, 3.05) is 45.8 Å². The lowest BCUT2D eigenvalue weighted by molar-refractivity contribution is -0.0742. The van der Waals surface area contributed by atoms with Gasteiger partial charge in [-0.05, 0) is 30.5 Å². The van der Waals surface area contributed by atoms with Gasteiger partial charge in [-0.2, -0.15) is 0 Å². The molecule has 2 N–H and O–H groups in total. The Balaban J connectivity index is 1.80. The third kappa shape index (κ3) is 4.86. The smallest absolute Gasteiger partial charge is 0.119 e. The fraction of sp³-hybridized carbons (Fsp3) is 0.600. The van der Waals surface area contributed by atoms with E-state index < -0.39 is 6.10 Å². The molecule has 5 nitrogen and oxygen atoms in total. The van der Waals surface area contributed by atoms with Crippen molar-refractivity contribution < 1.29 is 19.7 Å². The summed E-state index contributed by atoms with van der Waals surface area (Å²) in [5.41, 5.74) is 0. The fourth-order valence-electron chi connectivity index (χ4n) is 2.36. The summed E-state index contributed by atoms with van der Waals surface area (Å²) in [6, 6.07) is 7.84. The first-order valence-electron chi connectivity index (χ1n) is 7.12. The van der Waals surface area contributed by atoms with Crippen LogP contribution >= 0.6 is 11.8 Å². The van der Waals surface area contributed by atoms with Gasteiger partial charge < -0.3 is 19.7 Å². The first kappa shape index (κ1) is 16.6. The molecule has 1 saturated heterocycles. The Morgan fingerprint density at radius 2 is 2.19 bits per heavy atom. The van der Waals surface area contributed by atoms with E-state index in [1.54, 1.807) is 11.8 Å². The minimum absolute atomic E-state index is 0.161. The summed E-state index contributed by atoms with van der Waals surface area (Å²) in [4.78, 5) is 3.32. The maximum absolute atomic E-state index is 9.81. The Morgan fingerprint density at radius 1 is 1.43 bits per heavy atom. The first-order chi connectivity index (χ1) is 10.2. The zero-order valence-electron chi connectivity index (χ0n) is 12.3. The number of hydrogen-bond acceptors (Lipinski definition) is 6. The standard InChI is InChI=1S/C15H23NO4S/c1-21-13-4-2-12(3-5-13)20-9-7-16-6-8-19-11-14(16)15(18)10-17/h2-5,14-15,17-18H,6-11H2,1H3/t14-,15+/m1/s1. The van der Waals surface area contributed by atoms with Crippen LogP contribution in [0.3, 0.4) is 0 Å². The predicted octanol–water partition coefficient (Wildman–Crippen LogP) is 0.841. The van der Waals surface area contributed by atoms with Crippen LogP contribution < -0.4 is 4.74 Å². The monoisotopic (exact) mass is 313 g/mol. The molecule has 0 radical (unpaired) electrons. The number of aliphatic hydroxyl groups excluding tert-OH is 2. The molecule has 118 valence electrons. The van der Waals surface area contributed by atoms with E-state index in [0.29, 0.717) is 26.4 Å². The molecule has 0 aliphatic carbocycles. The fourth-order valence-corrected chi connectivity index (χ4v) is 2.77. The van der Waals surface area contributed by atoms with Crippen LogP contribution in [-0.2, 0) is 4.74 Å².